The Balaban J connectivity index is 1.91. The van der Waals surface area contributed by atoms with E-state index < -0.39 is 5.97 Å². The Morgan fingerprint density at radius 3 is 3.00 bits per heavy atom. The number of benzene rings is 1. The van der Waals surface area contributed by atoms with E-state index in [0.717, 1.165) is 18.2 Å². The molecule has 3 heteroatoms. The van der Waals surface area contributed by atoms with E-state index >= 15 is 0 Å². The molecule has 0 saturated heterocycles. The molecule has 1 aliphatic rings. The second kappa shape index (κ2) is 5.71. The maximum absolute atomic E-state index is 10.3. The zero-order valence-electron chi connectivity index (χ0n) is 10.6. The molecule has 1 aliphatic carbocycles. The van der Waals surface area contributed by atoms with Gasteiger partial charge in [0.25, 0.3) is 0 Å². The van der Waals surface area contributed by atoms with E-state index in [1.165, 1.54) is 24.0 Å². The van der Waals surface area contributed by atoms with Crippen molar-refractivity contribution >= 4 is 5.97 Å². The van der Waals surface area contributed by atoms with Gasteiger partial charge in [-0.15, -0.1) is 0 Å². The van der Waals surface area contributed by atoms with E-state index in [0.29, 0.717) is 6.42 Å². The smallest absolute Gasteiger partial charge is 0.327 e. The maximum Gasteiger partial charge on any atom is 0.327 e. The molecule has 0 heterocycles. The van der Waals surface area contributed by atoms with E-state index in [2.05, 4.69) is 12.1 Å². The number of carbonyl (C=O) groups is 1. The Morgan fingerprint density at radius 2 is 2.22 bits per heavy atom. The van der Waals surface area contributed by atoms with E-state index in [-0.39, 0.29) is 6.10 Å². The van der Waals surface area contributed by atoms with Gasteiger partial charge in [0, 0.05) is 12.5 Å². The van der Waals surface area contributed by atoms with Gasteiger partial charge >= 0.3 is 5.97 Å². The van der Waals surface area contributed by atoms with Gasteiger partial charge in [-0.2, -0.15) is 0 Å². The summed E-state index contributed by atoms with van der Waals surface area (Å²) in [6.45, 7) is 1.94. The van der Waals surface area contributed by atoms with Crippen LogP contribution in [0.2, 0.25) is 0 Å². The van der Waals surface area contributed by atoms with Crippen LogP contribution >= 0.6 is 0 Å². The van der Waals surface area contributed by atoms with Crippen LogP contribution in [0.1, 0.15) is 30.9 Å². The summed E-state index contributed by atoms with van der Waals surface area (Å²) in [5.41, 5.74) is 2.82. The summed E-state index contributed by atoms with van der Waals surface area (Å²) in [6.07, 6.45) is 6.91. The average molecular weight is 246 g/mol. The van der Waals surface area contributed by atoms with Crippen LogP contribution < -0.4 is 4.74 Å². The molecule has 0 radical (unpaired) electrons. The minimum absolute atomic E-state index is 0.0138. The third kappa shape index (κ3) is 3.36. The summed E-state index contributed by atoms with van der Waals surface area (Å²) >= 11 is 0. The van der Waals surface area contributed by atoms with Gasteiger partial charge in [0.15, 0.2) is 0 Å². The molecule has 1 aromatic rings. The predicted molar refractivity (Wildman–Crippen MR) is 69.9 cm³/mol. The van der Waals surface area contributed by atoms with Crippen molar-refractivity contribution in [2.24, 2.45) is 0 Å². The molecule has 1 atom stereocenters. The highest BCUT2D eigenvalue weighted by Crippen LogP contribution is 2.26. The number of carboxylic acid groups (broad SMARTS) is 1. The highest BCUT2D eigenvalue weighted by Gasteiger charge is 2.12. The van der Waals surface area contributed by atoms with E-state index in [1.807, 2.05) is 13.0 Å². The Kier molecular flexibility index (Phi) is 4.03. The van der Waals surface area contributed by atoms with Gasteiger partial charge in [0.1, 0.15) is 5.75 Å². The highest BCUT2D eigenvalue weighted by molar-refractivity contribution is 5.79. The summed E-state index contributed by atoms with van der Waals surface area (Å²) in [5.74, 6) is -0.0356. The van der Waals surface area contributed by atoms with Crippen LogP contribution in [0, 0.1) is 0 Å². The molecule has 0 aliphatic heterocycles. The minimum Gasteiger partial charge on any atom is -0.490 e. The van der Waals surface area contributed by atoms with E-state index in [4.69, 9.17) is 9.84 Å². The second-order valence-corrected chi connectivity index (χ2v) is 4.69. The molecule has 0 spiro atoms. The lowest BCUT2D eigenvalue weighted by Crippen LogP contribution is -2.10. The molecule has 0 fully saturated rings. The summed E-state index contributed by atoms with van der Waals surface area (Å²) in [6, 6.07) is 6.25. The Bertz CT molecular complexity index is 463. The normalized spacial score (nSPS) is 15.6. The van der Waals surface area contributed by atoms with Crippen LogP contribution in [0.5, 0.6) is 5.75 Å². The number of rotatable bonds is 5. The van der Waals surface area contributed by atoms with Crippen molar-refractivity contribution in [3.8, 4) is 5.75 Å². The highest BCUT2D eigenvalue weighted by atomic mass is 16.5. The first-order chi connectivity index (χ1) is 8.65. The van der Waals surface area contributed by atoms with Crippen molar-refractivity contribution in [2.75, 3.05) is 0 Å². The summed E-state index contributed by atoms with van der Waals surface area (Å²) in [4.78, 5) is 10.3. The van der Waals surface area contributed by atoms with Crippen LogP contribution in [0.15, 0.2) is 30.4 Å². The molecule has 0 amide bonds. The van der Waals surface area contributed by atoms with Crippen LogP contribution in [-0.2, 0) is 17.6 Å². The van der Waals surface area contributed by atoms with Gasteiger partial charge in [0.05, 0.1) is 6.10 Å². The molecule has 0 bridgehead atoms. The first-order valence-corrected chi connectivity index (χ1v) is 6.33. The molecule has 3 nitrogen and oxygen atoms in total. The van der Waals surface area contributed by atoms with Crippen LogP contribution in [-0.4, -0.2) is 17.2 Å². The molecule has 2 rings (SSSR count). The zero-order valence-corrected chi connectivity index (χ0v) is 10.6. The van der Waals surface area contributed by atoms with Crippen molar-refractivity contribution < 1.29 is 14.6 Å². The predicted octanol–water partition coefficient (Wildman–Crippen LogP) is 2.97. The fourth-order valence-corrected chi connectivity index (χ4v) is 2.26. The SMILES string of the molecule is CC(C/C=C/C(=O)O)Oc1ccc2c(c1)CCC2. The van der Waals surface area contributed by atoms with Gasteiger partial charge in [-0.25, -0.2) is 4.79 Å². The minimum atomic E-state index is -0.917. The number of hydrogen-bond acceptors (Lipinski definition) is 2. The summed E-state index contributed by atoms with van der Waals surface area (Å²) in [7, 11) is 0. The van der Waals surface area contributed by atoms with Gasteiger partial charge in [-0.05, 0) is 49.4 Å². The lowest BCUT2D eigenvalue weighted by molar-refractivity contribution is -0.131. The first kappa shape index (κ1) is 12.7. The molecule has 96 valence electrons. The van der Waals surface area contributed by atoms with Crippen molar-refractivity contribution in [1.29, 1.82) is 0 Å². The van der Waals surface area contributed by atoms with Crippen LogP contribution in [0.4, 0.5) is 0 Å². The van der Waals surface area contributed by atoms with E-state index in [1.54, 1.807) is 6.08 Å². The molecule has 1 unspecified atom stereocenters. The Morgan fingerprint density at radius 1 is 1.44 bits per heavy atom. The van der Waals surface area contributed by atoms with Crippen LogP contribution in [0.3, 0.4) is 0 Å². The number of hydrogen-bond donors (Lipinski definition) is 1. The number of aliphatic carboxylic acids is 1. The van der Waals surface area contributed by atoms with Crippen molar-refractivity contribution in [3.05, 3.63) is 41.5 Å². The summed E-state index contributed by atoms with van der Waals surface area (Å²) in [5, 5.41) is 8.49. The van der Waals surface area contributed by atoms with Crippen molar-refractivity contribution in [3.63, 3.8) is 0 Å². The number of aryl methyl sites for hydroxylation is 2. The first-order valence-electron chi connectivity index (χ1n) is 6.33. The monoisotopic (exact) mass is 246 g/mol. The third-order valence-electron chi connectivity index (χ3n) is 3.14. The average Bonchev–Trinajstić information content (AvgIpc) is 2.75. The number of fused-ring (bicyclic) bond motifs is 1. The molecule has 0 aromatic heterocycles. The van der Waals surface area contributed by atoms with Crippen molar-refractivity contribution in [1.82, 2.24) is 0 Å². The summed E-state index contributed by atoms with van der Waals surface area (Å²) < 4.78 is 5.78. The lowest BCUT2D eigenvalue weighted by Gasteiger charge is -2.13. The molecule has 1 aromatic carbocycles. The molecule has 1 N–H and O–H groups in total. The zero-order chi connectivity index (χ0) is 13.0. The van der Waals surface area contributed by atoms with Gasteiger partial charge < -0.3 is 9.84 Å². The largest absolute Gasteiger partial charge is 0.490 e. The third-order valence-corrected chi connectivity index (χ3v) is 3.14. The molecular formula is C15H18O3. The second-order valence-electron chi connectivity index (χ2n) is 4.69. The maximum atomic E-state index is 10.3. The van der Waals surface area contributed by atoms with Gasteiger partial charge in [-0.3, -0.25) is 0 Å². The fraction of sp³-hybridized carbons (Fsp3) is 0.400. The topological polar surface area (TPSA) is 46.5 Å². The number of ether oxygens (including phenoxy) is 1. The lowest BCUT2D eigenvalue weighted by atomic mass is 10.1. The standard InChI is InChI=1S/C15H18O3/c1-11(4-2-7-15(16)17)18-14-9-8-12-5-3-6-13(12)10-14/h2,7-11H,3-6H2,1H3,(H,16,17)/b7-2+. The molecular weight excluding hydrogens is 228 g/mol. The molecule has 18 heavy (non-hydrogen) atoms. The Labute approximate surface area is 107 Å². The Hall–Kier alpha value is -1.77. The van der Waals surface area contributed by atoms with Crippen LogP contribution in [0.25, 0.3) is 0 Å². The number of carboxylic acids is 1. The molecule has 0 saturated carbocycles. The van der Waals surface area contributed by atoms with E-state index in [9.17, 15) is 4.79 Å². The van der Waals surface area contributed by atoms with Crippen molar-refractivity contribution in [2.45, 2.75) is 38.7 Å². The quantitative estimate of drug-likeness (QED) is 0.812. The van der Waals surface area contributed by atoms with Gasteiger partial charge in [0.2, 0.25) is 0 Å². The van der Waals surface area contributed by atoms with Gasteiger partial charge in [-0.1, -0.05) is 12.1 Å². The fourth-order valence-electron chi connectivity index (χ4n) is 2.26.